The predicted octanol–water partition coefficient (Wildman–Crippen LogP) is 4.29. The average molecular weight is 407 g/mol. The zero-order valence-corrected chi connectivity index (χ0v) is 10.6. The van der Waals surface area contributed by atoms with E-state index in [9.17, 15) is 67.5 Å². The molecule has 0 aliphatic rings. The molecule has 0 saturated carbocycles. The summed E-state index contributed by atoms with van der Waals surface area (Å²) in [6.45, 7) is 0. The van der Waals surface area contributed by atoms with Gasteiger partial charge in [0.15, 0.2) is 10.1 Å². The number of hydrogen-bond donors (Lipinski definition) is 0. The molecule has 138 valence electrons. The Balaban J connectivity index is 6.64. The van der Waals surface area contributed by atoms with Gasteiger partial charge in [-0.05, 0) is 0 Å². The first kappa shape index (κ1) is 21.4. The molecule has 0 aromatic rings. The largest absolute Gasteiger partial charge is 0.743 e. The summed E-state index contributed by atoms with van der Waals surface area (Å²) < 4.78 is 186. The topological polar surface area (TPSA) is 57.2 Å². The zero-order valence-electron chi connectivity index (χ0n) is 8.95. The number of hydrogen-bond acceptors (Lipinski definition) is 3. The summed E-state index contributed by atoms with van der Waals surface area (Å²) in [5.41, 5.74) is 0. The lowest BCUT2D eigenvalue weighted by molar-refractivity contribution is -0.332. The van der Waals surface area contributed by atoms with Crippen molar-refractivity contribution in [2.45, 2.75) is 22.4 Å². The molecule has 0 atom stereocenters. The van der Waals surface area contributed by atoms with Crippen molar-refractivity contribution in [2.24, 2.45) is 0 Å². The molecule has 0 rings (SSSR count). The summed E-state index contributed by atoms with van der Waals surface area (Å²) in [7, 11) is -20.8. The lowest BCUT2D eigenvalue weighted by Gasteiger charge is -2.50. The third-order valence-corrected chi connectivity index (χ3v) is 4.03. The van der Waals surface area contributed by atoms with Crippen molar-refractivity contribution in [2.75, 3.05) is 0 Å². The summed E-state index contributed by atoms with van der Waals surface area (Å²) in [4.78, 5) is 0. The Kier molecular flexibility index (Phi) is 3.76. The highest BCUT2D eigenvalue weighted by Crippen LogP contribution is 3.06. The van der Waals surface area contributed by atoms with Crippen LogP contribution in [-0.2, 0) is 10.1 Å². The van der Waals surface area contributed by atoms with Gasteiger partial charge in [0.2, 0.25) is 0 Å². The van der Waals surface area contributed by atoms with Crippen LogP contribution < -0.4 is 0 Å². The maximum absolute atomic E-state index is 12.9. The molecule has 0 unspecified atom stereocenters. The molecule has 22 heavy (non-hydrogen) atoms. The Bertz CT molecular complexity index is 570. The van der Waals surface area contributed by atoms with Gasteiger partial charge in [-0.15, -0.1) is 0 Å². The highest BCUT2D eigenvalue weighted by atomic mass is 32.5. The average Bonchev–Trinajstić information content (AvgIpc) is 2.10. The van der Waals surface area contributed by atoms with Crippen molar-refractivity contribution < 1.29 is 67.5 Å². The highest BCUT2D eigenvalue weighted by molar-refractivity contribution is 8.46. The Morgan fingerprint density at radius 1 is 0.682 bits per heavy atom. The SMILES string of the molecule is O=S(=O)([O-])C(F)(F)C(F)(F)C(F)(F)C(F)(F)S(F)(F)(F)(F)F. The molecular formula is C4F13O3S2-. The van der Waals surface area contributed by atoms with Crippen LogP contribution in [0.5, 0.6) is 0 Å². The molecule has 18 heteroatoms. The highest BCUT2D eigenvalue weighted by Gasteiger charge is 2.98. The van der Waals surface area contributed by atoms with Gasteiger partial charge in [-0.2, -0.15) is 35.1 Å². The molecule has 0 saturated heterocycles. The van der Waals surface area contributed by atoms with Gasteiger partial charge < -0.3 is 4.55 Å². The van der Waals surface area contributed by atoms with Gasteiger partial charge in [-0.25, -0.2) is 8.42 Å². The molecule has 0 radical (unpaired) electrons. The maximum Gasteiger partial charge on any atom is 0.450 e. The monoisotopic (exact) mass is 407 g/mol. The van der Waals surface area contributed by atoms with E-state index in [-0.39, 0.29) is 0 Å². The third-order valence-electron chi connectivity index (χ3n) is 1.92. The Morgan fingerprint density at radius 3 is 1.14 bits per heavy atom. The number of halogens is 13. The van der Waals surface area contributed by atoms with Crippen LogP contribution in [0, 0.1) is 0 Å². The molecule has 0 aromatic heterocycles. The molecule has 0 aliphatic heterocycles. The minimum Gasteiger partial charge on any atom is -0.743 e. The van der Waals surface area contributed by atoms with Gasteiger partial charge in [-0.1, -0.05) is 19.4 Å². The minimum atomic E-state index is -12.9. The first-order chi connectivity index (χ1) is 8.75. The minimum absolute atomic E-state index is 7.75. The van der Waals surface area contributed by atoms with Crippen molar-refractivity contribution >= 4 is 20.3 Å². The molecule has 0 bridgehead atoms. The van der Waals surface area contributed by atoms with E-state index in [1.165, 1.54) is 0 Å². The van der Waals surface area contributed by atoms with Crippen molar-refractivity contribution in [3.63, 3.8) is 0 Å². The summed E-state index contributed by atoms with van der Waals surface area (Å²) in [5, 5.41) is -16.8. The molecule has 0 spiro atoms. The summed E-state index contributed by atoms with van der Waals surface area (Å²) in [6, 6.07) is 0. The van der Waals surface area contributed by atoms with E-state index in [2.05, 4.69) is 0 Å². The van der Waals surface area contributed by atoms with Crippen molar-refractivity contribution in [1.29, 1.82) is 0 Å². The Morgan fingerprint density at radius 2 is 0.955 bits per heavy atom. The van der Waals surface area contributed by atoms with Gasteiger partial charge in [0.1, 0.15) is 0 Å². The van der Waals surface area contributed by atoms with Crippen LogP contribution in [0.2, 0.25) is 0 Å². The lowest BCUT2D eigenvalue weighted by atomic mass is 10.2. The molecule has 0 aliphatic carbocycles. The van der Waals surface area contributed by atoms with Crippen LogP contribution >= 0.6 is 10.2 Å². The lowest BCUT2D eigenvalue weighted by Crippen LogP contribution is -2.66. The summed E-state index contributed by atoms with van der Waals surface area (Å²) >= 11 is 0. The van der Waals surface area contributed by atoms with Crippen LogP contribution in [0.25, 0.3) is 0 Å². The second kappa shape index (κ2) is 3.87. The molecule has 3 nitrogen and oxygen atoms in total. The normalized spacial score (nSPS) is 19.5. The van der Waals surface area contributed by atoms with E-state index in [1.807, 2.05) is 0 Å². The number of rotatable bonds is 5. The van der Waals surface area contributed by atoms with Crippen LogP contribution in [0.15, 0.2) is 0 Å². The van der Waals surface area contributed by atoms with Crippen LogP contribution in [0.4, 0.5) is 54.6 Å². The smallest absolute Gasteiger partial charge is 0.450 e. The molecule has 0 heterocycles. The fraction of sp³-hybridized carbons (Fsp3) is 1.00. The van der Waals surface area contributed by atoms with Crippen LogP contribution in [0.1, 0.15) is 0 Å². The predicted molar refractivity (Wildman–Crippen MR) is 42.6 cm³/mol. The molecule has 0 amide bonds. The van der Waals surface area contributed by atoms with Gasteiger partial charge in [0, 0.05) is 0 Å². The second-order valence-electron chi connectivity index (χ2n) is 3.61. The Labute approximate surface area is 111 Å². The summed E-state index contributed by atoms with van der Waals surface area (Å²) in [5.74, 6) is -17.0. The third kappa shape index (κ3) is 2.57. The molecule has 0 fully saturated rings. The van der Waals surface area contributed by atoms with Crippen molar-refractivity contribution in [3.8, 4) is 0 Å². The van der Waals surface area contributed by atoms with Gasteiger partial charge in [0.25, 0.3) is 0 Å². The molecule has 0 N–H and O–H groups in total. The Hall–Kier alpha value is -0.650. The quantitative estimate of drug-likeness (QED) is 0.505. The van der Waals surface area contributed by atoms with Crippen LogP contribution in [-0.4, -0.2) is 35.3 Å². The van der Waals surface area contributed by atoms with E-state index in [0.29, 0.717) is 0 Å². The second-order valence-corrected chi connectivity index (χ2v) is 7.48. The first-order valence-corrected chi connectivity index (χ1v) is 7.30. The van der Waals surface area contributed by atoms with E-state index in [1.54, 1.807) is 0 Å². The van der Waals surface area contributed by atoms with Gasteiger partial charge in [-0.3, -0.25) is 0 Å². The van der Waals surface area contributed by atoms with Gasteiger partial charge in [0.05, 0.1) is 0 Å². The van der Waals surface area contributed by atoms with E-state index in [0.717, 1.165) is 0 Å². The van der Waals surface area contributed by atoms with Crippen LogP contribution in [0.3, 0.4) is 0 Å². The van der Waals surface area contributed by atoms with E-state index < -0.39 is 42.7 Å². The van der Waals surface area contributed by atoms with Crippen molar-refractivity contribution in [1.82, 2.24) is 0 Å². The standard InChI is InChI=1S/C4HF13O3S2/c5-1(6,3(9,10)21(18,19)20)2(7,8)4(11,12)22(13,14,15,16)17/h(H,18,19,20)/p-1. The number of alkyl halides is 8. The summed E-state index contributed by atoms with van der Waals surface area (Å²) in [6.07, 6.45) is 0. The van der Waals surface area contributed by atoms with E-state index in [4.69, 9.17) is 0 Å². The molecule has 0 aromatic carbocycles. The maximum atomic E-state index is 12.5. The zero-order chi connectivity index (χ0) is 18.9. The van der Waals surface area contributed by atoms with Gasteiger partial charge >= 0.3 is 32.6 Å². The first-order valence-electron chi connectivity index (χ1n) is 3.94. The van der Waals surface area contributed by atoms with E-state index >= 15 is 0 Å². The van der Waals surface area contributed by atoms with Crippen molar-refractivity contribution in [3.05, 3.63) is 0 Å². The fourth-order valence-electron chi connectivity index (χ4n) is 0.765. The fourth-order valence-corrected chi connectivity index (χ4v) is 1.82. The molecular weight excluding hydrogens is 407 g/mol.